The van der Waals surface area contributed by atoms with Crippen LogP contribution in [0.3, 0.4) is 0 Å². The van der Waals surface area contributed by atoms with E-state index in [0.717, 1.165) is 6.61 Å². The van der Waals surface area contributed by atoms with E-state index in [2.05, 4.69) is 6.08 Å². The van der Waals surface area contributed by atoms with Gasteiger partial charge in [-0.25, -0.2) is 0 Å². The highest BCUT2D eigenvalue weighted by atomic mass is 16.5. The minimum atomic E-state index is 0.322. The predicted molar refractivity (Wildman–Crippen MR) is 58.1 cm³/mol. The molecule has 2 atom stereocenters. The normalized spacial score (nSPS) is 33.1. The van der Waals surface area contributed by atoms with E-state index in [9.17, 15) is 0 Å². The Kier molecular flexibility index (Phi) is 3.60. The summed E-state index contributed by atoms with van der Waals surface area (Å²) >= 11 is 0. The summed E-state index contributed by atoms with van der Waals surface area (Å²) in [6.45, 7) is 0.975. The molecule has 2 unspecified atom stereocenters. The summed E-state index contributed by atoms with van der Waals surface area (Å²) in [4.78, 5) is 0. The van der Waals surface area contributed by atoms with Gasteiger partial charge in [0.05, 0.1) is 6.10 Å². The molecule has 0 aromatic heterocycles. The van der Waals surface area contributed by atoms with Crippen LogP contribution < -0.4 is 5.73 Å². The third-order valence-electron chi connectivity index (χ3n) is 3.30. The van der Waals surface area contributed by atoms with Gasteiger partial charge in [-0.2, -0.15) is 0 Å². The van der Waals surface area contributed by atoms with Crippen molar-refractivity contribution < 1.29 is 4.74 Å². The highest BCUT2D eigenvalue weighted by molar-refractivity contribution is 5.10. The molecule has 2 N–H and O–H groups in total. The summed E-state index contributed by atoms with van der Waals surface area (Å²) in [6, 6.07) is 0.322. The zero-order chi connectivity index (χ0) is 9.80. The first-order valence-electron chi connectivity index (χ1n) is 5.91. The summed E-state index contributed by atoms with van der Waals surface area (Å²) in [5.41, 5.74) is 7.47. The lowest BCUT2D eigenvalue weighted by Crippen LogP contribution is -2.20. The molecule has 14 heavy (non-hydrogen) atoms. The van der Waals surface area contributed by atoms with Crippen LogP contribution in [0.5, 0.6) is 0 Å². The molecule has 1 saturated heterocycles. The van der Waals surface area contributed by atoms with Crippen LogP contribution in [0.4, 0.5) is 0 Å². The molecule has 2 heteroatoms. The Morgan fingerprint density at radius 1 is 1.36 bits per heavy atom. The number of allylic oxidation sites excluding steroid dienone is 1. The maximum Gasteiger partial charge on any atom is 0.0579 e. The molecule has 0 aromatic rings. The van der Waals surface area contributed by atoms with Crippen molar-refractivity contribution in [2.75, 3.05) is 6.61 Å². The van der Waals surface area contributed by atoms with Gasteiger partial charge in [-0.1, -0.05) is 11.6 Å². The monoisotopic (exact) mass is 195 g/mol. The van der Waals surface area contributed by atoms with E-state index in [1.807, 2.05) is 0 Å². The maximum atomic E-state index is 5.90. The third kappa shape index (κ3) is 2.82. The van der Waals surface area contributed by atoms with E-state index in [-0.39, 0.29) is 0 Å². The number of ether oxygens (including phenoxy) is 1. The Labute approximate surface area is 86.5 Å². The molecule has 1 aliphatic heterocycles. The number of rotatable bonds is 3. The molecular formula is C12H21NO. The lowest BCUT2D eigenvalue weighted by molar-refractivity contribution is 0.104. The molecule has 1 aliphatic carbocycles. The van der Waals surface area contributed by atoms with Crippen molar-refractivity contribution in [3.63, 3.8) is 0 Å². The maximum absolute atomic E-state index is 5.90. The Bertz CT molecular complexity index is 206. The second-order valence-corrected chi connectivity index (χ2v) is 4.55. The molecule has 0 saturated carbocycles. The quantitative estimate of drug-likeness (QED) is 0.702. The molecule has 2 rings (SSSR count). The fourth-order valence-corrected chi connectivity index (χ4v) is 2.46. The van der Waals surface area contributed by atoms with Crippen LogP contribution in [0.1, 0.15) is 44.9 Å². The lowest BCUT2D eigenvalue weighted by Gasteiger charge is -2.18. The van der Waals surface area contributed by atoms with Gasteiger partial charge < -0.3 is 10.5 Å². The molecule has 1 fully saturated rings. The first-order chi connectivity index (χ1) is 6.84. The van der Waals surface area contributed by atoms with Crippen molar-refractivity contribution in [1.29, 1.82) is 0 Å². The smallest absolute Gasteiger partial charge is 0.0579 e. The van der Waals surface area contributed by atoms with E-state index in [0.29, 0.717) is 12.1 Å². The van der Waals surface area contributed by atoms with Crippen LogP contribution in [0.25, 0.3) is 0 Å². The van der Waals surface area contributed by atoms with Crippen LogP contribution >= 0.6 is 0 Å². The highest BCUT2D eigenvalue weighted by Crippen LogP contribution is 2.24. The minimum absolute atomic E-state index is 0.322. The van der Waals surface area contributed by atoms with Gasteiger partial charge in [0.2, 0.25) is 0 Å². The Morgan fingerprint density at radius 3 is 3.00 bits per heavy atom. The van der Waals surface area contributed by atoms with E-state index in [4.69, 9.17) is 10.5 Å². The fourth-order valence-electron chi connectivity index (χ4n) is 2.46. The van der Waals surface area contributed by atoms with Crippen LogP contribution in [-0.4, -0.2) is 18.8 Å². The van der Waals surface area contributed by atoms with Crippen LogP contribution in [0.15, 0.2) is 11.6 Å². The summed E-state index contributed by atoms with van der Waals surface area (Å²) < 4.78 is 5.61. The molecule has 0 spiro atoms. The van der Waals surface area contributed by atoms with Crippen LogP contribution in [0, 0.1) is 0 Å². The van der Waals surface area contributed by atoms with Gasteiger partial charge in [-0.05, 0) is 44.9 Å². The molecule has 1 heterocycles. The molecule has 0 radical (unpaired) electrons. The zero-order valence-corrected chi connectivity index (χ0v) is 8.87. The Morgan fingerprint density at radius 2 is 2.29 bits per heavy atom. The first kappa shape index (κ1) is 10.2. The fraction of sp³-hybridized carbons (Fsp3) is 0.833. The summed E-state index contributed by atoms with van der Waals surface area (Å²) in [5, 5.41) is 0. The van der Waals surface area contributed by atoms with E-state index < -0.39 is 0 Å². The average molecular weight is 195 g/mol. The Balaban J connectivity index is 1.73. The van der Waals surface area contributed by atoms with Crippen molar-refractivity contribution in [3.8, 4) is 0 Å². The molecule has 2 nitrogen and oxygen atoms in total. The van der Waals surface area contributed by atoms with Gasteiger partial charge in [-0.3, -0.25) is 0 Å². The Hall–Kier alpha value is -0.340. The van der Waals surface area contributed by atoms with Crippen LogP contribution in [0.2, 0.25) is 0 Å². The molecule has 80 valence electrons. The predicted octanol–water partition coefficient (Wildman–Crippen LogP) is 2.38. The van der Waals surface area contributed by atoms with Gasteiger partial charge in [0, 0.05) is 12.6 Å². The number of hydrogen-bond donors (Lipinski definition) is 1. The van der Waals surface area contributed by atoms with Crippen LogP contribution in [-0.2, 0) is 4.74 Å². The number of nitrogens with two attached hydrogens (primary N) is 1. The largest absolute Gasteiger partial charge is 0.378 e. The average Bonchev–Trinajstić information content (AvgIpc) is 2.67. The highest BCUT2D eigenvalue weighted by Gasteiger charge is 2.16. The topological polar surface area (TPSA) is 35.2 Å². The van der Waals surface area contributed by atoms with E-state index in [1.54, 1.807) is 5.57 Å². The van der Waals surface area contributed by atoms with Crippen molar-refractivity contribution >= 4 is 0 Å². The van der Waals surface area contributed by atoms with Gasteiger partial charge in [0.15, 0.2) is 0 Å². The number of hydrogen-bond acceptors (Lipinski definition) is 2. The molecule has 0 aromatic carbocycles. The SMILES string of the molecule is NC1C=C(CCC2CCCO2)CCC1. The van der Waals surface area contributed by atoms with Gasteiger partial charge in [0.25, 0.3) is 0 Å². The van der Waals surface area contributed by atoms with Gasteiger partial charge in [-0.15, -0.1) is 0 Å². The van der Waals surface area contributed by atoms with Crippen molar-refractivity contribution in [3.05, 3.63) is 11.6 Å². The van der Waals surface area contributed by atoms with Crippen molar-refractivity contribution in [2.45, 2.75) is 57.1 Å². The minimum Gasteiger partial charge on any atom is -0.378 e. The van der Waals surface area contributed by atoms with Gasteiger partial charge >= 0.3 is 0 Å². The summed E-state index contributed by atoms with van der Waals surface area (Å²) in [7, 11) is 0. The molecule has 0 bridgehead atoms. The van der Waals surface area contributed by atoms with Gasteiger partial charge in [0.1, 0.15) is 0 Å². The lowest BCUT2D eigenvalue weighted by atomic mass is 9.92. The second-order valence-electron chi connectivity index (χ2n) is 4.55. The van der Waals surface area contributed by atoms with E-state index in [1.165, 1.54) is 44.9 Å². The van der Waals surface area contributed by atoms with E-state index >= 15 is 0 Å². The third-order valence-corrected chi connectivity index (χ3v) is 3.30. The summed E-state index contributed by atoms with van der Waals surface area (Å²) in [5.74, 6) is 0. The molecular weight excluding hydrogens is 174 g/mol. The standard InChI is InChI=1S/C12H21NO/c13-11-4-1-3-10(9-11)6-7-12-5-2-8-14-12/h9,11-12H,1-8,13H2. The zero-order valence-electron chi connectivity index (χ0n) is 8.87. The second kappa shape index (κ2) is 4.94. The van der Waals surface area contributed by atoms with Crippen molar-refractivity contribution in [1.82, 2.24) is 0 Å². The first-order valence-corrected chi connectivity index (χ1v) is 5.91. The molecule has 0 amide bonds. The van der Waals surface area contributed by atoms with Crippen molar-refractivity contribution in [2.24, 2.45) is 5.73 Å². The molecule has 2 aliphatic rings. The summed E-state index contributed by atoms with van der Waals surface area (Å²) in [6.07, 6.45) is 11.5.